The van der Waals surface area contributed by atoms with Crippen molar-refractivity contribution in [3.8, 4) is 11.1 Å². The summed E-state index contributed by atoms with van der Waals surface area (Å²) in [5, 5.41) is 5.00. The Morgan fingerprint density at radius 1 is 0.952 bits per heavy atom. The maximum absolute atomic E-state index is 13.8. The van der Waals surface area contributed by atoms with Crippen LogP contribution in [0.1, 0.15) is 37.0 Å². The minimum Gasteiger partial charge on any atom is -0.436 e. The topological polar surface area (TPSA) is 70.7 Å². The third kappa shape index (κ3) is 7.57. The minimum absolute atomic E-state index is 0.00307. The molecule has 1 heterocycles. The summed E-state index contributed by atoms with van der Waals surface area (Å²) in [6, 6.07) is 18.9. The standard InChI is InChI=1S/C32H31F4N3O3/c1-20-7-6-18-39(19-20)22(3)42-29(21(2)32(34,35)36)31(41)37-26-16-14-24(15-17-26)23-10-12-25(13-11-23)30(40)38-28-9-5-4-8-27(28)33/h4-5,8-17,20H,3,6-7,18-19H2,1-2H3,(H,37,41)(H,38,40)/b29-21+. The number of amides is 2. The molecule has 2 N–H and O–H groups in total. The van der Waals surface area contributed by atoms with Crippen LogP contribution in [-0.4, -0.2) is 36.0 Å². The van der Waals surface area contributed by atoms with Gasteiger partial charge in [0, 0.05) is 24.3 Å². The van der Waals surface area contributed by atoms with E-state index in [9.17, 15) is 27.2 Å². The van der Waals surface area contributed by atoms with E-state index in [1.807, 2.05) is 6.92 Å². The van der Waals surface area contributed by atoms with Crippen molar-refractivity contribution in [3.63, 3.8) is 0 Å². The fourth-order valence-electron chi connectivity index (χ4n) is 4.53. The van der Waals surface area contributed by atoms with Crippen molar-refractivity contribution in [1.29, 1.82) is 0 Å². The van der Waals surface area contributed by atoms with Crippen LogP contribution in [0.25, 0.3) is 11.1 Å². The second-order valence-corrected chi connectivity index (χ2v) is 10.2. The van der Waals surface area contributed by atoms with Gasteiger partial charge in [0.2, 0.25) is 5.76 Å². The summed E-state index contributed by atoms with van der Waals surface area (Å²) < 4.78 is 60.1. The molecule has 4 rings (SSSR count). The molecular formula is C32H31F4N3O3. The van der Waals surface area contributed by atoms with Gasteiger partial charge in [-0.05, 0) is 79.8 Å². The average molecular weight is 582 g/mol. The zero-order valence-electron chi connectivity index (χ0n) is 23.2. The van der Waals surface area contributed by atoms with Crippen LogP contribution in [0, 0.1) is 11.7 Å². The highest BCUT2D eigenvalue weighted by Crippen LogP contribution is 2.31. The van der Waals surface area contributed by atoms with Crippen LogP contribution in [0.2, 0.25) is 0 Å². The molecule has 1 aliphatic rings. The van der Waals surface area contributed by atoms with Crippen molar-refractivity contribution in [2.45, 2.75) is 32.9 Å². The Labute approximate surface area is 241 Å². The molecule has 0 aromatic heterocycles. The lowest BCUT2D eigenvalue weighted by atomic mass is 10.0. The number of hydrogen-bond donors (Lipinski definition) is 2. The van der Waals surface area contributed by atoms with Crippen LogP contribution in [-0.2, 0) is 9.53 Å². The first kappa shape index (κ1) is 30.4. The van der Waals surface area contributed by atoms with E-state index in [0.29, 0.717) is 24.6 Å². The number of allylic oxidation sites excluding steroid dienone is 1. The summed E-state index contributed by atoms with van der Waals surface area (Å²) in [4.78, 5) is 27.2. The first-order valence-electron chi connectivity index (χ1n) is 13.4. The molecule has 0 spiro atoms. The van der Waals surface area contributed by atoms with Gasteiger partial charge in [-0.15, -0.1) is 0 Å². The van der Waals surface area contributed by atoms with E-state index in [4.69, 9.17) is 4.74 Å². The molecule has 6 nitrogen and oxygen atoms in total. The highest BCUT2D eigenvalue weighted by molar-refractivity contribution is 6.05. The number of carbonyl (C=O) groups excluding carboxylic acids is 2. The molecule has 0 bridgehead atoms. The largest absolute Gasteiger partial charge is 0.436 e. The fourth-order valence-corrected chi connectivity index (χ4v) is 4.53. The third-order valence-electron chi connectivity index (χ3n) is 6.95. The summed E-state index contributed by atoms with van der Waals surface area (Å²) in [5.41, 5.74) is 0.980. The maximum atomic E-state index is 13.8. The van der Waals surface area contributed by atoms with Gasteiger partial charge in [0.1, 0.15) is 5.82 Å². The van der Waals surface area contributed by atoms with Crippen molar-refractivity contribution in [2.75, 3.05) is 23.7 Å². The molecular weight excluding hydrogens is 550 g/mol. The summed E-state index contributed by atoms with van der Waals surface area (Å²) in [5.74, 6) is -2.60. The SMILES string of the molecule is C=C(O/C(C(=O)Nc1ccc(-c2ccc(C(=O)Nc3ccccc3F)cc2)cc1)=C(\C)C(F)(F)F)N1CCCC(C)C1. The minimum atomic E-state index is -4.77. The number of para-hydroxylation sites is 1. The number of nitrogens with zero attached hydrogens (tertiary/aromatic N) is 1. The predicted molar refractivity (Wildman–Crippen MR) is 154 cm³/mol. The Hall–Kier alpha value is -4.60. The van der Waals surface area contributed by atoms with Gasteiger partial charge in [0.05, 0.1) is 11.3 Å². The number of likely N-dealkylation sites (tertiary alicyclic amines) is 1. The molecule has 3 aromatic carbocycles. The fraction of sp³-hybridized carbons (Fsp3) is 0.250. The molecule has 2 amide bonds. The van der Waals surface area contributed by atoms with Gasteiger partial charge in [-0.25, -0.2) is 4.39 Å². The van der Waals surface area contributed by atoms with Gasteiger partial charge in [-0.1, -0.05) is 43.3 Å². The summed E-state index contributed by atoms with van der Waals surface area (Å²) >= 11 is 0. The molecule has 1 aliphatic heterocycles. The zero-order chi connectivity index (χ0) is 30.4. The summed E-state index contributed by atoms with van der Waals surface area (Å²) in [7, 11) is 0. The normalized spacial score (nSPS) is 15.9. The molecule has 1 saturated heterocycles. The first-order valence-corrected chi connectivity index (χ1v) is 13.4. The van der Waals surface area contributed by atoms with Crippen LogP contribution in [0.5, 0.6) is 0 Å². The van der Waals surface area contributed by atoms with Gasteiger partial charge in [0.25, 0.3) is 11.8 Å². The quantitative estimate of drug-likeness (QED) is 0.162. The molecule has 1 fully saturated rings. The molecule has 0 aliphatic carbocycles. The van der Waals surface area contributed by atoms with Crippen LogP contribution < -0.4 is 10.6 Å². The monoisotopic (exact) mass is 581 g/mol. The van der Waals surface area contributed by atoms with E-state index in [1.165, 1.54) is 18.2 Å². The first-order chi connectivity index (χ1) is 19.9. The van der Waals surface area contributed by atoms with E-state index >= 15 is 0 Å². The van der Waals surface area contributed by atoms with Gasteiger partial charge in [-0.3, -0.25) is 9.59 Å². The van der Waals surface area contributed by atoms with E-state index in [-0.39, 0.29) is 17.3 Å². The second-order valence-electron chi connectivity index (χ2n) is 10.2. The number of carbonyl (C=O) groups is 2. The molecule has 0 radical (unpaired) electrons. The van der Waals surface area contributed by atoms with Gasteiger partial charge in [-0.2, -0.15) is 13.2 Å². The van der Waals surface area contributed by atoms with Crippen LogP contribution in [0.4, 0.5) is 28.9 Å². The highest BCUT2D eigenvalue weighted by atomic mass is 19.4. The summed E-state index contributed by atoms with van der Waals surface area (Å²) in [6.45, 7) is 7.77. The number of alkyl halides is 3. The molecule has 0 saturated carbocycles. The van der Waals surface area contributed by atoms with E-state index in [2.05, 4.69) is 17.2 Å². The number of anilines is 2. The lowest BCUT2D eigenvalue weighted by Crippen LogP contribution is -2.35. The average Bonchev–Trinajstić information content (AvgIpc) is 2.96. The predicted octanol–water partition coefficient (Wildman–Crippen LogP) is 7.74. The number of hydrogen-bond acceptors (Lipinski definition) is 4. The van der Waals surface area contributed by atoms with Crippen molar-refractivity contribution in [2.24, 2.45) is 5.92 Å². The molecule has 220 valence electrons. The Morgan fingerprint density at radius 2 is 1.57 bits per heavy atom. The number of ether oxygens (including phenoxy) is 1. The van der Waals surface area contributed by atoms with E-state index in [1.54, 1.807) is 59.5 Å². The van der Waals surface area contributed by atoms with Gasteiger partial charge >= 0.3 is 6.18 Å². The lowest BCUT2D eigenvalue weighted by molar-refractivity contribution is -0.119. The van der Waals surface area contributed by atoms with Crippen molar-refractivity contribution < 1.29 is 31.9 Å². The molecule has 1 unspecified atom stereocenters. The second kappa shape index (κ2) is 12.9. The number of benzene rings is 3. The van der Waals surface area contributed by atoms with Gasteiger partial charge in [0.15, 0.2) is 5.88 Å². The zero-order valence-corrected chi connectivity index (χ0v) is 23.2. The third-order valence-corrected chi connectivity index (χ3v) is 6.95. The number of halogens is 4. The molecule has 42 heavy (non-hydrogen) atoms. The Kier molecular flexibility index (Phi) is 9.35. The van der Waals surface area contributed by atoms with Gasteiger partial charge < -0.3 is 20.3 Å². The van der Waals surface area contributed by atoms with E-state index < -0.39 is 35.1 Å². The Morgan fingerprint density at radius 3 is 2.17 bits per heavy atom. The van der Waals surface area contributed by atoms with Crippen LogP contribution in [0.15, 0.2) is 96.6 Å². The number of rotatable bonds is 8. The van der Waals surface area contributed by atoms with Crippen molar-refractivity contribution >= 4 is 23.2 Å². The highest BCUT2D eigenvalue weighted by Gasteiger charge is 2.37. The van der Waals surface area contributed by atoms with Crippen molar-refractivity contribution in [1.82, 2.24) is 4.90 Å². The van der Waals surface area contributed by atoms with Crippen molar-refractivity contribution in [3.05, 3.63) is 108 Å². The summed E-state index contributed by atoms with van der Waals surface area (Å²) in [6.07, 6.45) is -2.92. The Balaban J connectivity index is 1.44. The van der Waals surface area contributed by atoms with Crippen LogP contribution in [0.3, 0.4) is 0 Å². The molecule has 3 aromatic rings. The smallest absolute Gasteiger partial charge is 0.416 e. The van der Waals surface area contributed by atoms with Crippen LogP contribution >= 0.6 is 0 Å². The Bertz CT molecular complexity index is 1480. The lowest BCUT2D eigenvalue weighted by Gasteiger charge is -2.33. The number of piperidine rings is 1. The molecule has 10 heteroatoms. The molecule has 1 atom stereocenters. The van der Waals surface area contributed by atoms with E-state index in [0.717, 1.165) is 30.9 Å². The maximum Gasteiger partial charge on any atom is 0.416 e. The number of nitrogens with one attached hydrogen (secondary N) is 2.